The van der Waals surface area contributed by atoms with Gasteiger partial charge >= 0.3 is 5.97 Å². The first-order valence-corrected chi connectivity index (χ1v) is 3.28. The smallest absolute Gasteiger partial charge is 0.331 e. The van der Waals surface area contributed by atoms with E-state index >= 15 is 0 Å². The normalized spacial score (nSPS) is 28.2. The van der Waals surface area contributed by atoms with Gasteiger partial charge in [-0.1, -0.05) is 0 Å². The predicted octanol–water partition coefficient (Wildman–Crippen LogP) is -0.105. The molecule has 0 aromatic heterocycles. The van der Waals surface area contributed by atoms with Crippen LogP contribution in [-0.4, -0.2) is 22.2 Å². The van der Waals surface area contributed by atoms with Gasteiger partial charge in [-0.3, -0.25) is 5.32 Å². The Morgan fingerprint density at radius 1 is 2.00 bits per heavy atom. The van der Waals surface area contributed by atoms with Crippen molar-refractivity contribution in [3.8, 4) is 0 Å². The fourth-order valence-electron chi connectivity index (χ4n) is 0.490. The lowest BCUT2D eigenvalue weighted by atomic mass is 10.6. The third-order valence-electron chi connectivity index (χ3n) is 0.840. The summed E-state index contributed by atoms with van der Waals surface area (Å²) in [6.07, 6.45) is 0. The minimum Gasteiger partial charge on any atom is -0.479 e. The molecule has 1 atom stereocenters. The number of carbonyl (C=O) groups is 1. The zero-order chi connectivity index (χ0) is 5.98. The van der Waals surface area contributed by atoms with Gasteiger partial charge in [0.15, 0.2) is 5.37 Å². The zero-order valence-electron chi connectivity index (χ0n) is 4.13. The Labute approximate surface area is 51.5 Å². The van der Waals surface area contributed by atoms with E-state index in [0.717, 1.165) is 5.75 Å². The molecule has 1 rings (SSSR count). The van der Waals surface area contributed by atoms with Crippen molar-refractivity contribution in [3.63, 3.8) is 0 Å². The van der Waals surface area contributed by atoms with E-state index in [0.29, 0.717) is 0 Å². The standard InChI is InChI=1S/C4H6NO2S/c6-4(7)3-5-1-2-8-3/h1,3,5H,2H2,(H,6,7). The molecule has 0 aromatic carbocycles. The van der Waals surface area contributed by atoms with Crippen LogP contribution in [0.3, 0.4) is 0 Å². The average Bonchev–Trinajstić information content (AvgIpc) is 2.12. The second kappa shape index (κ2) is 2.37. The summed E-state index contributed by atoms with van der Waals surface area (Å²) >= 11 is 1.38. The van der Waals surface area contributed by atoms with E-state index in [9.17, 15) is 4.79 Å². The molecule has 0 aromatic rings. The lowest BCUT2D eigenvalue weighted by molar-refractivity contribution is -0.136. The molecular formula is C4H6NO2S. The molecule has 2 N–H and O–H groups in total. The Bertz CT molecular complexity index is 100. The van der Waals surface area contributed by atoms with Crippen LogP contribution >= 0.6 is 11.8 Å². The molecule has 3 nitrogen and oxygen atoms in total. The van der Waals surface area contributed by atoms with Crippen molar-refractivity contribution in [2.75, 3.05) is 5.75 Å². The van der Waals surface area contributed by atoms with Crippen molar-refractivity contribution in [2.24, 2.45) is 0 Å². The molecule has 1 saturated heterocycles. The number of carboxylic acids is 1. The molecular weight excluding hydrogens is 126 g/mol. The summed E-state index contributed by atoms with van der Waals surface area (Å²) in [6.45, 7) is 1.75. The summed E-state index contributed by atoms with van der Waals surface area (Å²) in [5.74, 6) is 0.000463. The third-order valence-corrected chi connectivity index (χ3v) is 1.87. The van der Waals surface area contributed by atoms with Gasteiger partial charge in [-0.15, -0.1) is 11.8 Å². The molecule has 1 aliphatic rings. The van der Waals surface area contributed by atoms with E-state index in [4.69, 9.17) is 5.11 Å². The van der Waals surface area contributed by atoms with E-state index in [2.05, 4.69) is 5.32 Å². The number of carboxylic acid groups (broad SMARTS) is 1. The number of thioether (sulfide) groups is 1. The Hall–Kier alpha value is -0.220. The fourth-order valence-corrected chi connectivity index (χ4v) is 1.21. The summed E-state index contributed by atoms with van der Waals surface area (Å²) < 4.78 is 0. The number of hydrogen-bond donors (Lipinski definition) is 2. The van der Waals surface area contributed by atoms with Crippen LogP contribution in [0.2, 0.25) is 0 Å². The fraction of sp³-hybridized carbons (Fsp3) is 0.500. The van der Waals surface area contributed by atoms with Crippen molar-refractivity contribution in [2.45, 2.75) is 5.37 Å². The molecule has 4 heteroatoms. The van der Waals surface area contributed by atoms with Gasteiger partial charge in [0.05, 0.1) is 0 Å². The molecule has 0 aliphatic carbocycles. The quantitative estimate of drug-likeness (QED) is 0.523. The Kier molecular flexibility index (Phi) is 1.75. The Balaban J connectivity index is 2.35. The lowest BCUT2D eigenvalue weighted by Gasteiger charge is -1.98. The molecule has 1 aliphatic heterocycles. The van der Waals surface area contributed by atoms with Crippen LogP contribution in [0.5, 0.6) is 0 Å². The van der Waals surface area contributed by atoms with Gasteiger partial charge in [0.25, 0.3) is 0 Å². The highest BCUT2D eigenvalue weighted by atomic mass is 32.2. The summed E-state index contributed by atoms with van der Waals surface area (Å²) in [5.41, 5.74) is 0. The number of nitrogens with one attached hydrogen (secondary N) is 1. The van der Waals surface area contributed by atoms with Crippen molar-refractivity contribution in [1.29, 1.82) is 0 Å². The SMILES string of the molecule is O=C(O)C1N[CH]CS1. The lowest BCUT2D eigenvalue weighted by Crippen LogP contribution is -2.26. The maximum Gasteiger partial charge on any atom is 0.331 e. The minimum absolute atomic E-state index is 0.407. The van der Waals surface area contributed by atoms with Gasteiger partial charge in [-0.2, -0.15) is 0 Å². The maximum atomic E-state index is 10.1. The van der Waals surface area contributed by atoms with E-state index in [1.165, 1.54) is 11.8 Å². The second-order valence-electron chi connectivity index (χ2n) is 1.42. The molecule has 1 fully saturated rings. The number of rotatable bonds is 1. The van der Waals surface area contributed by atoms with E-state index in [1.54, 1.807) is 6.54 Å². The molecule has 1 heterocycles. The first-order chi connectivity index (χ1) is 3.80. The van der Waals surface area contributed by atoms with Crippen LogP contribution in [0.4, 0.5) is 0 Å². The van der Waals surface area contributed by atoms with Gasteiger partial charge < -0.3 is 5.11 Å². The van der Waals surface area contributed by atoms with Crippen LogP contribution in [-0.2, 0) is 4.79 Å². The summed E-state index contributed by atoms with van der Waals surface area (Å²) in [7, 11) is 0. The van der Waals surface area contributed by atoms with Gasteiger partial charge in [-0.05, 0) is 0 Å². The molecule has 1 radical (unpaired) electrons. The summed E-state index contributed by atoms with van der Waals surface area (Å²) in [5, 5.41) is 10.6. The minimum atomic E-state index is -0.788. The van der Waals surface area contributed by atoms with Crippen LogP contribution in [0.1, 0.15) is 0 Å². The highest BCUT2D eigenvalue weighted by Gasteiger charge is 2.21. The molecule has 1 unspecified atom stereocenters. The molecule has 0 bridgehead atoms. The highest BCUT2D eigenvalue weighted by Crippen LogP contribution is 2.15. The van der Waals surface area contributed by atoms with Crippen LogP contribution < -0.4 is 5.32 Å². The molecule has 0 saturated carbocycles. The van der Waals surface area contributed by atoms with Crippen molar-refractivity contribution < 1.29 is 9.90 Å². The summed E-state index contributed by atoms with van der Waals surface area (Å²) in [6, 6.07) is 0. The maximum absolute atomic E-state index is 10.1. The summed E-state index contributed by atoms with van der Waals surface area (Å²) in [4.78, 5) is 10.1. The van der Waals surface area contributed by atoms with Gasteiger partial charge in [-0.25, -0.2) is 4.79 Å². The third kappa shape index (κ3) is 1.14. The number of aliphatic carboxylic acids is 1. The predicted molar refractivity (Wildman–Crippen MR) is 31.3 cm³/mol. The molecule has 45 valence electrons. The van der Waals surface area contributed by atoms with Crippen molar-refractivity contribution in [3.05, 3.63) is 6.54 Å². The largest absolute Gasteiger partial charge is 0.479 e. The van der Waals surface area contributed by atoms with Gasteiger partial charge in [0.2, 0.25) is 0 Å². The molecule has 8 heavy (non-hydrogen) atoms. The average molecular weight is 132 g/mol. The monoisotopic (exact) mass is 132 g/mol. The van der Waals surface area contributed by atoms with E-state index < -0.39 is 11.3 Å². The van der Waals surface area contributed by atoms with Crippen LogP contribution in [0.25, 0.3) is 0 Å². The molecule has 0 spiro atoms. The van der Waals surface area contributed by atoms with Crippen LogP contribution in [0, 0.1) is 6.54 Å². The number of hydrogen-bond acceptors (Lipinski definition) is 3. The van der Waals surface area contributed by atoms with Gasteiger partial charge in [0, 0.05) is 12.3 Å². The van der Waals surface area contributed by atoms with Crippen LogP contribution in [0.15, 0.2) is 0 Å². The Morgan fingerprint density at radius 2 is 2.75 bits per heavy atom. The Morgan fingerprint density at radius 3 is 3.00 bits per heavy atom. The first-order valence-electron chi connectivity index (χ1n) is 2.23. The molecule has 0 amide bonds. The van der Waals surface area contributed by atoms with E-state index in [1.807, 2.05) is 0 Å². The second-order valence-corrected chi connectivity index (χ2v) is 2.56. The van der Waals surface area contributed by atoms with E-state index in [-0.39, 0.29) is 0 Å². The topological polar surface area (TPSA) is 49.3 Å². The highest BCUT2D eigenvalue weighted by molar-refractivity contribution is 8.00. The van der Waals surface area contributed by atoms with Gasteiger partial charge in [0.1, 0.15) is 0 Å². The van der Waals surface area contributed by atoms with Crippen molar-refractivity contribution >= 4 is 17.7 Å². The van der Waals surface area contributed by atoms with Crippen molar-refractivity contribution in [1.82, 2.24) is 5.32 Å². The zero-order valence-corrected chi connectivity index (χ0v) is 4.94. The first kappa shape index (κ1) is 5.91.